The summed E-state index contributed by atoms with van der Waals surface area (Å²) < 4.78 is 5.31. The van der Waals surface area contributed by atoms with E-state index < -0.39 is 6.04 Å². The zero-order chi connectivity index (χ0) is 23.7. The van der Waals surface area contributed by atoms with Crippen LogP contribution in [0.1, 0.15) is 38.3 Å². The summed E-state index contributed by atoms with van der Waals surface area (Å²) in [5.74, 6) is 1.26. The number of hydrogen-bond donors (Lipinski definition) is 1. The minimum Gasteiger partial charge on any atom is -0.497 e. The number of nitrogens with zero attached hydrogens (tertiary/aromatic N) is 1. The maximum atomic E-state index is 13.3. The highest BCUT2D eigenvalue weighted by Gasteiger charge is 2.29. The van der Waals surface area contributed by atoms with E-state index in [4.69, 9.17) is 27.9 Å². The first-order valence-corrected chi connectivity index (χ1v) is 12.4. The van der Waals surface area contributed by atoms with Crippen molar-refractivity contribution in [3.8, 4) is 5.75 Å². The van der Waals surface area contributed by atoms with Crippen molar-refractivity contribution >= 4 is 46.8 Å². The third-order valence-corrected chi connectivity index (χ3v) is 6.36. The molecule has 0 bridgehead atoms. The van der Waals surface area contributed by atoms with E-state index in [0.29, 0.717) is 34.5 Å². The molecule has 0 spiro atoms. The Morgan fingerprint density at radius 3 is 2.53 bits per heavy atom. The average Bonchev–Trinajstić information content (AvgIpc) is 2.74. The van der Waals surface area contributed by atoms with E-state index in [2.05, 4.69) is 5.32 Å². The highest BCUT2D eigenvalue weighted by Crippen LogP contribution is 2.25. The van der Waals surface area contributed by atoms with Gasteiger partial charge in [0, 0.05) is 28.4 Å². The molecular formula is C24H30Cl2N2O3S. The van der Waals surface area contributed by atoms with E-state index in [0.717, 1.165) is 11.1 Å². The van der Waals surface area contributed by atoms with Gasteiger partial charge in [-0.05, 0) is 55.7 Å². The SMILES string of the molecule is CCC(C(=O)NC(C)C)N(Cc1cccc(OC)c1)C(=O)CSCc1ccc(Cl)cc1Cl. The van der Waals surface area contributed by atoms with Gasteiger partial charge < -0.3 is 15.0 Å². The molecule has 2 aromatic carbocycles. The predicted octanol–water partition coefficient (Wildman–Crippen LogP) is 5.57. The van der Waals surface area contributed by atoms with E-state index in [1.807, 2.05) is 51.1 Å². The first kappa shape index (κ1) is 26.4. The van der Waals surface area contributed by atoms with Crippen molar-refractivity contribution in [2.45, 2.75) is 51.6 Å². The van der Waals surface area contributed by atoms with Gasteiger partial charge in [-0.3, -0.25) is 9.59 Å². The largest absolute Gasteiger partial charge is 0.497 e. The number of thioether (sulfide) groups is 1. The zero-order valence-electron chi connectivity index (χ0n) is 18.9. The molecule has 32 heavy (non-hydrogen) atoms. The van der Waals surface area contributed by atoms with E-state index >= 15 is 0 Å². The Morgan fingerprint density at radius 1 is 1.16 bits per heavy atom. The molecule has 0 heterocycles. The van der Waals surface area contributed by atoms with Crippen molar-refractivity contribution in [3.63, 3.8) is 0 Å². The van der Waals surface area contributed by atoms with Crippen LogP contribution in [0.3, 0.4) is 0 Å². The quantitative estimate of drug-likeness (QED) is 0.441. The Balaban J connectivity index is 2.17. The minimum atomic E-state index is -0.559. The summed E-state index contributed by atoms with van der Waals surface area (Å²) in [6.45, 7) is 6.05. The number of amides is 2. The van der Waals surface area contributed by atoms with Crippen molar-refractivity contribution in [1.29, 1.82) is 0 Å². The number of benzene rings is 2. The van der Waals surface area contributed by atoms with Crippen LogP contribution in [0.2, 0.25) is 10.0 Å². The Hall–Kier alpha value is -1.89. The molecule has 0 aliphatic carbocycles. The van der Waals surface area contributed by atoms with Crippen LogP contribution < -0.4 is 10.1 Å². The standard InChI is InChI=1S/C24H30Cl2N2O3S/c1-5-22(24(30)27-16(2)3)28(13-17-7-6-8-20(11-17)31-4)23(29)15-32-14-18-9-10-19(25)12-21(18)26/h6-12,16,22H,5,13-15H2,1-4H3,(H,27,30). The fourth-order valence-corrected chi connectivity index (χ4v) is 4.71. The predicted molar refractivity (Wildman–Crippen MR) is 134 cm³/mol. The average molecular weight is 497 g/mol. The van der Waals surface area contributed by atoms with E-state index in [1.165, 1.54) is 11.8 Å². The molecule has 0 aromatic heterocycles. The number of carbonyl (C=O) groups excluding carboxylic acids is 2. The third kappa shape index (κ3) is 7.91. The van der Waals surface area contributed by atoms with Crippen molar-refractivity contribution in [3.05, 3.63) is 63.6 Å². The molecule has 0 fully saturated rings. The van der Waals surface area contributed by atoms with Gasteiger partial charge in [0.1, 0.15) is 11.8 Å². The Labute approximate surface area is 204 Å². The molecule has 2 amide bonds. The molecule has 0 aliphatic rings. The van der Waals surface area contributed by atoms with Gasteiger partial charge in [-0.1, -0.05) is 48.3 Å². The van der Waals surface area contributed by atoms with Crippen LogP contribution in [0.4, 0.5) is 0 Å². The molecular weight excluding hydrogens is 467 g/mol. The summed E-state index contributed by atoms with van der Waals surface area (Å²) in [4.78, 5) is 27.8. The second-order valence-electron chi connectivity index (χ2n) is 7.69. The van der Waals surface area contributed by atoms with Crippen molar-refractivity contribution < 1.29 is 14.3 Å². The molecule has 0 saturated heterocycles. The fourth-order valence-electron chi connectivity index (χ4n) is 3.24. The van der Waals surface area contributed by atoms with Gasteiger partial charge in [0.25, 0.3) is 0 Å². The van der Waals surface area contributed by atoms with Crippen LogP contribution in [-0.2, 0) is 21.9 Å². The van der Waals surface area contributed by atoms with Crippen LogP contribution in [-0.4, -0.2) is 41.7 Å². The number of carbonyl (C=O) groups is 2. The Morgan fingerprint density at radius 2 is 1.91 bits per heavy atom. The van der Waals surface area contributed by atoms with Crippen molar-refractivity contribution in [2.75, 3.05) is 12.9 Å². The van der Waals surface area contributed by atoms with Crippen LogP contribution in [0, 0.1) is 0 Å². The molecule has 1 unspecified atom stereocenters. The van der Waals surface area contributed by atoms with Crippen LogP contribution in [0.5, 0.6) is 5.75 Å². The lowest BCUT2D eigenvalue weighted by Gasteiger charge is -2.31. The van der Waals surface area contributed by atoms with Gasteiger partial charge in [-0.15, -0.1) is 11.8 Å². The first-order valence-electron chi connectivity index (χ1n) is 10.5. The minimum absolute atomic E-state index is 0.00765. The summed E-state index contributed by atoms with van der Waals surface area (Å²) in [5.41, 5.74) is 1.82. The van der Waals surface area contributed by atoms with Gasteiger partial charge in [-0.25, -0.2) is 0 Å². The van der Waals surface area contributed by atoms with Gasteiger partial charge >= 0.3 is 0 Å². The third-order valence-electron chi connectivity index (χ3n) is 4.80. The summed E-state index contributed by atoms with van der Waals surface area (Å²) in [7, 11) is 1.60. The highest BCUT2D eigenvalue weighted by molar-refractivity contribution is 7.99. The normalized spacial score (nSPS) is 11.8. The maximum Gasteiger partial charge on any atom is 0.243 e. The number of rotatable bonds is 11. The lowest BCUT2D eigenvalue weighted by atomic mass is 10.1. The molecule has 2 rings (SSSR count). The zero-order valence-corrected chi connectivity index (χ0v) is 21.2. The van der Waals surface area contributed by atoms with Gasteiger partial charge in [0.05, 0.1) is 12.9 Å². The number of nitrogens with one attached hydrogen (secondary N) is 1. The molecule has 5 nitrogen and oxygen atoms in total. The monoisotopic (exact) mass is 496 g/mol. The highest BCUT2D eigenvalue weighted by atomic mass is 35.5. The molecule has 8 heteroatoms. The Kier molecular flexibility index (Phi) is 10.7. The number of methoxy groups -OCH3 is 1. The maximum absolute atomic E-state index is 13.3. The van der Waals surface area contributed by atoms with E-state index in [1.54, 1.807) is 24.1 Å². The lowest BCUT2D eigenvalue weighted by molar-refractivity contribution is -0.139. The first-order chi connectivity index (χ1) is 15.2. The summed E-state index contributed by atoms with van der Waals surface area (Å²) in [6, 6.07) is 12.3. The van der Waals surface area contributed by atoms with Gasteiger partial charge in [0.2, 0.25) is 11.8 Å². The molecule has 174 valence electrons. The molecule has 1 N–H and O–H groups in total. The fraction of sp³-hybridized carbons (Fsp3) is 0.417. The number of hydrogen-bond acceptors (Lipinski definition) is 4. The molecule has 0 radical (unpaired) electrons. The van der Waals surface area contributed by atoms with Crippen LogP contribution in [0.25, 0.3) is 0 Å². The number of ether oxygens (including phenoxy) is 1. The summed E-state index contributed by atoms with van der Waals surface area (Å²) in [5, 5.41) is 4.09. The van der Waals surface area contributed by atoms with Crippen molar-refractivity contribution in [2.24, 2.45) is 0 Å². The van der Waals surface area contributed by atoms with Crippen LogP contribution in [0.15, 0.2) is 42.5 Å². The van der Waals surface area contributed by atoms with E-state index in [9.17, 15) is 9.59 Å². The molecule has 1 atom stereocenters. The van der Waals surface area contributed by atoms with E-state index in [-0.39, 0.29) is 23.6 Å². The Bertz CT molecular complexity index is 924. The molecule has 0 aliphatic heterocycles. The van der Waals surface area contributed by atoms with Gasteiger partial charge in [0.15, 0.2) is 0 Å². The lowest BCUT2D eigenvalue weighted by Crippen LogP contribution is -2.50. The van der Waals surface area contributed by atoms with Crippen molar-refractivity contribution in [1.82, 2.24) is 10.2 Å². The molecule has 0 saturated carbocycles. The van der Waals surface area contributed by atoms with Crippen LogP contribution >= 0.6 is 35.0 Å². The number of halogens is 2. The van der Waals surface area contributed by atoms with Gasteiger partial charge in [-0.2, -0.15) is 0 Å². The topological polar surface area (TPSA) is 58.6 Å². The summed E-state index contributed by atoms with van der Waals surface area (Å²) in [6.07, 6.45) is 0.516. The summed E-state index contributed by atoms with van der Waals surface area (Å²) >= 11 is 13.7. The smallest absolute Gasteiger partial charge is 0.243 e. The second-order valence-corrected chi connectivity index (χ2v) is 9.52. The second kappa shape index (κ2) is 13.0. The molecule has 2 aromatic rings.